The molecule has 3 unspecified atom stereocenters. The third-order valence-electron chi connectivity index (χ3n) is 4.28. The molecule has 3 nitrogen and oxygen atoms in total. The molecular formula is C17H26N2O. The second kappa shape index (κ2) is 6.40. The Labute approximate surface area is 122 Å². The standard InChI is InChI=1S/C17H26N2O/c1-11(2)14-5-7-15(8-6-14)13(4)19-17(20)16-12(3)9-10-18-16/h5-8,11-13,16,18H,9-10H2,1-4H3,(H,19,20). The number of nitrogens with one attached hydrogen (secondary N) is 2. The first-order chi connectivity index (χ1) is 9.49. The summed E-state index contributed by atoms with van der Waals surface area (Å²) in [6, 6.07) is 8.56. The first-order valence-corrected chi connectivity index (χ1v) is 7.62. The molecule has 2 rings (SSSR count). The molecule has 3 heteroatoms. The average molecular weight is 274 g/mol. The molecule has 20 heavy (non-hydrogen) atoms. The summed E-state index contributed by atoms with van der Waals surface area (Å²) < 4.78 is 0. The van der Waals surface area contributed by atoms with Crippen LogP contribution >= 0.6 is 0 Å². The fourth-order valence-electron chi connectivity index (χ4n) is 2.74. The third-order valence-corrected chi connectivity index (χ3v) is 4.28. The molecule has 1 aliphatic rings. The summed E-state index contributed by atoms with van der Waals surface area (Å²) in [6.07, 6.45) is 1.08. The lowest BCUT2D eigenvalue weighted by molar-refractivity contribution is -0.124. The predicted molar refractivity (Wildman–Crippen MR) is 82.7 cm³/mol. The lowest BCUT2D eigenvalue weighted by atomic mass is 9.99. The van der Waals surface area contributed by atoms with Crippen LogP contribution in [0.15, 0.2) is 24.3 Å². The van der Waals surface area contributed by atoms with Gasteiger partial charge in [-0.1, -0.05) is 45.0 Å². The van der Waals surface area contributed by atoms with Gasteiger partial charge in [0, 0.05) is 0 Å². The van der Waals surface area contributed by atoms with Crippen LogP contribution in [0.5, 0.6) is 0 Å². The molecule has 1 amide bonds. The smallest absolute Gasteiger partial charge is 0.237 e. The van der Waals surface area contributed by atoms with Crippen molar-refractivity contribution in [2.45, 2.75) is 52.1 Å². The van der Waals surface area contributed by atoms with Crippen LogP contribution in [0, 0.1) is 5.92 Å². The molecule has 1 aromatic rings. The highest BCUT2D eigenvalue weighted by molar-refractivity contribution is 5.82. The van der Waals surface area contributed by atoms with Crippen LogP contribution in [-0.2, 0) is 4.79 Å². The molecule has 0 aliphatic carbocycles. The van der Waals surface area contributed by atoms with Crippen molar-refractivity contribution in [3.05, 3.63) is 35.4 Å². The fourth-order valence-corrected chi connectivity index (χ4v) is 2.74. The normalized spacial score (nSPS) is 23.9. The second-order valence-electron chi connectivity index (χ2n) is 6.25. The van der Waals surface area contributed by atoms with Gasteiger partial charge < -0.3 is 10.6 Å². The number of hydrogen-bond acceptors (Lipinski definition) is 2. The predicted octanol–water partition coefficient (Wildman–Crippen LogP) is 2.99. The summed E-state index contributed by atoms with van der Waals surface area (Å²) >= 11 is 0. The molecule has 1 aromatic carbocycles. The average Bonchev–Trinajstić information content (AvgIpc) is 2.85. The van der Waals surface area contributed by atoms with Gasteiger partial charge in [-0.2, -0.15) is 0 Å². The number of benzene rings is 1. The monoisotopic (exact) mass is 274 g/mol. The van der Waals surface area contributed by atoms with Crippen LogP contribution in [0.4, 0.5) is 0 Å². The summed E-state index contributed by atoms with van der Waals surface area (Å²) in [4.78, 5) is 12.2. The van der Waals surface area contributed by atoms with Crippen LogP contribution in [0.3, 0.4) is 0 Å². The van der Waals surface area contributed by atoms with E-state index < -0.39 is 0 Å². The zero-order valence-electron chi connectivity index (χ0n) is 12.9. The van der Waals surface area contributed by atoms with Gasteiger partial charge in [0.15, 0.2) is 0 Å². The summed E-state index contributed by atoms with van der Waals surface area (Å²) in [6.45, 7) is 9.49. The van der Waals surface area contributed by atoms with E-state index in [0.717, 1.165) is 18.5 Å². The van der Waals surface area contributed by atoms with Crippen molar-refractivity contribution in [1.82, 2.24) is 10.6 Å². The lowest BCUT2D eigenvalue weighted by Gasteiger charge is -2.20. The quantitative estimate of drug-likeness (QED) is 0.886. The molecule has 1 fully saturated rings. The van der Waals surface area contributed by atoms with Gasteiger partial charge in [0.2, 0.25) is 5.91 Å². The van der Waals surface area contributed by atoms with Crippen molar-refractivity contribution in [1.29, 1.82) is 0 Å². The molecule has 0 saturated carbocycles. The van der Waals surface area contributed by atoms with Crippen molar-refractivity contribution in [3.63, 3.8) is 0 Å². The Morgan fingerprint density at radius 1 is 1.20 bits per heavy atom. The highest BCUT2D eigenvalue weighted by atomic mass is 16.2. The minimum absolute atomic E-state index is 0.0348. The van der Waals surface area contributed by atoms with Crippen LogP contribution in [0.25, 0.3) is 0 Å². The van der Waals surface area contributed by atoms with Crippen molar-refractivity contribution in [2.24, 2.45) is 5.92 Å². The van der Waals surface area contributed by atoms with Crippen molar-refractivity contribution in [3.8, 4) is 0 Å². The summed E-state index contributed by atoms with van der Waals surface area (Å²) in [5.41, 5.74) is 2.49. The van der Waals surface area contributed by atoms with Gasteiger partial charge in [0.05, 0.1) is 12.1 Å². The van der Waals surface area contributed by atoms with Crippen molar-refractivity contribution < 1.29 is 4.79 Å². The Balaban J connectivity index is 1.97. The fraction of sp³-hybridized carbons (Fsp3) is 0.588. The zero-order valence-corrected chi connectivity index (χ0v) is 12.9. The minimum Gasteiger partial charge on any atom is -0.348 e. The first kappa shape index (κ1) is 15.0. The van der Waals surface area contributed by atoms with E-state index in [2.05, 4.69) is 55.7 Å². The number of amides is 1. The van der Waals surface area contributed by atoms with Gasteiger partial charge in [-0.3, -0.25) is 4.79 Å². The topological polar surface area (TPSA) is 41.1 Å². The second-order valence-corrected chi connectivity index (χ2v) is 6.25. The van der Waals surface area contributed by atoms with Crippen LogP contribution in [-0.4, -0.2) is 18.5 Å². The number of hydrogen-bond donors (Lipinski definition) is 2. The van der Waals surface area contributed by atoms with E-state index in [1.54, 1.807) is 0 Å². The maximum absolute atomic E-state index is 12.2. The van der Waals surface area contributed by atoms with E-state index in [4.69, 9.17) is 0 Å². The van der Waals surface area contributed by atoms with E-state index in [0.29, 0.717) is 11.8 Å². The Bertz CT molecular complexity index is 453. The van der Waals surface area contributed by atoms with E-state index in [9.17, 15) is 4.79 Å². The van der Waals surface area contributed by atoms with Crippen LogP contribution in [0.2, 0.25) is 0 Å². The molecule has 3 atom stereocenters. The third kappa shape index (κ3) is 3.40. The van der Waals surface area contributed by atoms with Crippen molar-refractivity contribution in [2.75, 3.05) is 6.54 Å². The molecule has 0 radical (unpaired) electrons. The molecule has 0 spiro atoms. The molecule has 0 bridgehead atoms. The SMILES string of the molecule is CC(C)c1ccc(C(C)NC(=O)C2NCCC2C)cc1. The Morgan fingerprint density at radius 2 is 1.80 bits per heavy atom. The largest absolute Gasteiger partial charge is 0.348 e. The van der Waals surface area contributed by atoms with E-state index in [1.807, 2.05) is 6.92 Å². The molecule has 1 aliphatic heterocycles. The number of rotatable bonds is 4. The summed E-state index contributed by atoms with van der Waals surface area (Å²) in [7, 11) is 0. The molecule has 0 aromatic heterocycles. The maximum Gasteiger partial charge on any atom is 0.237 e. The zero-order chi connectivity index (χ0) is 14.7. The molecular weight excluding hydrogens is 248 g/mol. The Morgan fingerprint density at radius 3 is 2.30 bits per heavy atom. The lowest BCUT2D eigenvalue weighted by Crippen LogP contribution is -2.44. The van der Waals surface area contributed by atoms with Crippen LogP contribution in [0.1, 0.15) is 57.2 Å². The van der Waals surface area contributed by atoms with Gasteiger partial charge in [-0.05, 0) is 42.9 Å². The van der Waals surface area contributed by atoms with Gasteiger partial charge in [0.25, 0.3) is 0 Å². The maximum atomic E-state index is 12.2. The molecule has 110 valence electrons. The number of carbonyl (C=O) groups is 1. The van der Waals surface area contributed by atoms with Crippen molar-refractivity contribution >= 4 is 5.91 Å². The highest BCUT2D eigenvalue weighted by Gasteiger charge is 2.29. The number of carbonyl (C=O) groups excluding carboxylic acids is 1. The highest BCUT2D eigenvalue weighted by Crippen LogP contribution is 2.20. The molecule has 1 saturated heterocycles. The summed E-state index contributed by atoms with van der Waals surface area (Å²) in [5.74, 6) is 1.08. The first-order valence-electron chi connectivity index (χ1n) is 7.62. The van der Waals surface area contributed by atoms with Gasteiger partial charge in [-0.15, -0.1) is 0 Å². The minimum atomic E-state index is -0.0348. The van der Waals surface area contributed by atoms with Crippen LogP contribution < -0.4 is 10.6 Å². The van der Waals surface area contributed by atoms with Gasteiger partial charge in [0.1, 0.15) is 0 Å². The molecule has 1 heterocycles. The molecule has 2 N–H and O–H groups in total. The van der Waals surface area contributed by atoms with Gasteiger partial charge in [-0.25, -0.2) is 0 Å². The van der Waals surface area contributed by atoms with E-state index >= 15 is 0 Å². The van der Waals surface area contributed by atoms with E-state index in [-0.39, 0.29) is 18.0 Å². The van der Waals surface area contributed by atoms with Gasteiger partial charge >= 0.3 is 0 Å². The Kier molecular flexibility index (Phi) is 4.81. The van der Waals surface area contributed by atoms with E-state index in [1.165, 1.54) is 5.56 Å². The summed E-state index contributed by atoms with van der Waals surface area (Å²) in [5, 5.41) is 6.39. The Hall–Kier alpha value is -1.35.